The predicted octanol–water partition coefficient (Wildman–Crippen LogP) is 0.998. The van der Waals surface area contributed by atoms with Crippen LogP contribution >= 0.6 is 11.3 Å². The Kier molecular flexibility index (Phi) is 2.18. The van der Waals surface area contributed by atoms with Crippen LogP contribution in [0.3, 0.4) is 0 Å². The molecule has 10 heavy (non-hydrogen) atoms. The van der Waals surface area contributed by atoms with Crippen LogP contribution < -0.4 is 0 Å². The summed E-state index contributed by atoms with van der Waals surface area (Å²) in [6.07, 6.45) is 0. The number of nitrogens with zero attached hydrogens (tertiary/aromatic N) is 1. The number of hydrogen-bond acceptors (Lipinski definition) is 4. The molecule has 0 aliphatic carbocycles. The van der Waals surface area contributed by atoms with Crippen LogP contribution in [0, 0.1) is 13.8 Å². The number of aryl methyl sites for hydroxylation is 2. The fraction of sp³-hybridized carbons (Fsp3) is 0.400. The molecule has 1 heterocycles. The highest BCUT2D eigenvalue weighted by Crippen LogP contribution is 2.19. The monoisotopic (exact) mass is 176 g/mol. The Bertz CT molecular complexity index is 269. The molecule has 0 aliphatic heterocycles. The summed E-state index contributed by atoms with van der Waals surface area (Å²) in [6, 6.07) is 0. The highest BCUT2D eigenvalue weighted by atomic mass is 32.2. The zero-order valence-corrected chi connectivity index (χ0v) is 7.21. The molecule has 1 aromatic heterocycles. The van der Waals surface area contributed by atoms with Crippen LogP contribution in [0.15, 0.2) is 4.21 Å². The summed E-state index contributed by atoms with van der Waals surface area (Å²) >= 11 is -0.915. The Morgan fingerprint density at radius 3 is 2.40 bits per heavy atom. The summed E-state index contributed by atoms with van der Waals surface area (Å²) < 4.78 is 21.2. The van der Waals surface area contributed by atoms with E-state index in [0.29, 0.717) is 9.90 Å². The van der Waals surface area contributed by atoms with Crippen LogP contribution in [0.5, 0.6) is 0 Å². The lowest BCUT2D eigenvalue weighted by Gasteiger charge is -1.99. The summed E-state index contributed by atoms with van der Waals surface area (Å²) in [5.41, 5.74) is 0.593. The molecule has 1 unspecified atom stereocenters. The summed E-state index contributed by atoms with van der Waals surface area (Å²) in [5.74, 6) is 0. The van der Waals surface area contributed by atoms with Gasteiger partial charge in [-0.15, -0.1) is 11.3 Å². The van der Waals surface area contributed by atoms with E-state index in [1.807, 2.05) is 0 Å². The van der Waals surface area contributed by atoms with E-state index in [9.17, 15) is 8.76 Å². The summed E-state index contributed by atoms with van der Waals surface area (Å²) in [4.78, 5) is 3.96. The first-order valence-electron chi connectivity index (χ1n) is 2.64. The van der Waals surface area contributed by atoms with Gasteiger partial charge in [0, 0.05) is 0 Å². The SMILES string of the molecule is Cc1nc(C)c(S(=O)[O-])s1. The first-order chi connectivity index (χ1) is 4.61. The fourth-order valence-corrected chi connectivity index (χ4v) is 2.23. The largest absolute Gasteiger partial charge is 0.768 e. The predicted molar refractivity (Wildman–Crippen MR) is 38.8 cm³/mol. The highest BCUT2D eigenvalue weighted by molar-refractivity contribution is 7.81. The van der Waals surface area contributed by atoms with Crippen molar-refractivity contribution < 1.29 is 8.76 Å². The molecule has 5 heteroatoms. The molecule has 0 saturated heterocycles. The van der Waals surface area contributed by atoms with Crippen molar-refractivity contribution >= 4 is 22.4 Å². The average Bonchev–Trinajstić information content (AvgIpc) is 2.10. The Morgan fingerprint density at radius 2 is 2.20 bits per heavy atom. The number of aromatic nitrogens is 1. The second kappa shape index (κ2) is 2.77. The summed E-state index contributed by atoms with van der Waals surface area (Å²) in [5, 5.41) is 0.789. The van der Waals surface area contributed by atoms with Crippen molar-refractivity contribution in [1.82, 2.24) is 4.98 Å². The molecule has 56 valence electrons. The van der Waals surface area contributed by atoms with E-state index in [2.05, 4.69) is 4.98 Å². The van der Waals surface area contributed by atoms with Gasteiger partial charge in [0.2, 0.25) is 0 Å². The van der Waals surface area contributed by atoms with Gasteiger partial charge in [-0.25, -0.2) is 4.98 Å². The molecule has 0 fully saturated rings. The fourth-order valence-electron chi connectivity index (χ4n) is 0.667. The summed E-state index contributed by atoms with van der Waals surface area (Å²) in [6.45, 7) is 3.47. The topological polar surface area (TPSA) is 53.0 Å². The third-order valence-corrected chi connectivity index (χ3v) is 3.14. The zero-order chi connectivity index (χ0) is 7.72. The van der Waals surface area contributed by atoms with E-state index in [0.717, 1.165) is 5.01 Å². The Hall–Kier alpha value is -0.260. The van der Waals surface area contributed by atoms with Crippen LogP contribution in [0.2, 0.25) is 0 Å². The quantitative estimate of drug-likeness (QED) is 0.600. The van der Waals surface area contributed by atoms with Gasteiger partial charge >= 0.3 is 0 Å². The van der Waals surface area contributed by atoms with E-state index in [-0.39, 0.29) is 0 Å². The lowest BCUT2D eigenvalue weighted by Crippen LogP contribution is -1.86. The molecule has 0 N–H and O–H groups in total. The van der Waals surface area contributed by atoms with Crippen molar-refractivity contribution in [3.05, 3.63) is 10.7 Å². The van der Waals surface area contributed by atoms with Crippen molar-refractivity contribution in [3.8, 4) is 0 Å². The van der Waals surface area contributed by atoms with Crippen molar-refractivity contribution in [2.24, 2.45) is 0 Å². The molecule has 0 amide bonds. The maximum atomic E-state index is 10.4. The number of hydrogen-bond donors (Lipinski definition) is 0. The van der Waals surface area contributed by atoms with Crippen LogP contribution in [-0.4, -0.2) is 13.7 Å². The van der Waals surface area contributed by atoms with Crippen LogP contribution in [-0.2, 0) is 11.1 Å². The van der Waals surface area contributed by atoms with Gasteiger partial charge in [-0.3, -0.25) is 4.21 Å². The van der Waals surface area contributed by atoms with Crippen LogP contribution in [0.4, 0.5) is 0 Å². The van der Waals surface area contributed by atoms with Gasteiger partial charge in [-0.2, -0.15) is 0 Å². The van der Waals surface area contributed by atoms with Gasteiger partial charge in [-0.1, -0.05) is 0 Å². The zero-order valence-electron chi connectivity index (χ0n) is 5.58. The third kappa shape index (κ3) is 1.42. The van der Waals surface area contributed by atoms with Crippen LogP contribution in [0.1, 0.15) is 10.7 Å². The molecule has 0 radical (unpaired) electrons. The van der Waals surface area contributed by atoms with Gasteiger partial charge in [-0.05, 0) is 24.9 Å². The molecule has 1 aromatic rings. The molecule has 0 bridgehead atoms. The van der Waals surface area contributed by atoms with Crippen molar-refractivity contribution in [1.29, 1.82) is 0 Å². The van der Waals surface area contributed by atoms with Crippen molar-refractivity contribution in [2.45, 2.75) is 18.1 Å². The minimum Gasteiger partial charge on any atom is -0.768 e. The van der Waals surface area contributed by atoms with Gasteiger partial charge < -0.3 is 4.55 Å². The maximum Gasteiger partial charge on any atom is 0.100 e. The molecule has 3 nitrogen and oxygen atoms in total. The minimum atomic E-state index is -2.11. The van der Waals surface area contributed by atoms with Crippen LogP contribution in [0.25, 0.3) is 0 Å². The first kappa shape index (κ1) is 7.84. The normalized spacial score (nSPS) is 13.5. The molecule has 0 spiro atoms. The molecule has 0 aromatic carbocycles. The first-order valence-corrected chi connectivity index (χ1v) is 4.53. The van der Waals surface area contributed by atoms with Gasteiger partial charge in [0.1, 0.15) is 4.21 Å². The van der Waals surface area contributed by atoms with E-state index >= 15 is 0 Å². The molecular weight excluding hydrogens is 170 g/mol. The van der Waals surface area contributed by atoms with E-state index in [1.54, 1.807) is 13.8 Å². The Morgan fingerprint density at radius 1 is 1.60 bits per heavy atom. The Balaban J connectivity index is 3.15. The maximum absolute atomic E-state index is 10.4. The van der Waals surface area contributed by atoms with Crippen molar-refractivity contribution in [2.75, 3.05) is 0 Å². The standard InChI is InChI=1S/C5H7NO2S2/c1-3-5(10(7)8)9-4(2)6-3/h1-2H3,(H,7,8)/p-1. The second-order valence-electron chi connectivity index (χ2n) is 1.84. The average molecular weight is 176 g/mol. The van der Waals surface area contributed by atoms with E-state index < -0.39 is 11.1 Å². The lowest BCUT2D eigenvalue weighted by atomic mass is 10.6. The third-order valence-electron chi connectivity index (χ3n) is 1.01. The lowest BCUT2D eigenvalue weighted by molar-refractivity contribution is 0.538. The van der Waals surface area contributed by atoms with E-state index in [1.165, 1.54) is 11.3 Å². The van der Waals surface area contributed by atoms with Crippen molar-refractivity contribution in [3.63, 3.8) is 0 Å². The molecule has 1 rings (SSSR count). The van der Waals surface area contributed by atoms with Gasteiger partial charge in [0.15, 0.2) is 0 Å². The summed E-state index contributed by atoms with van der Waals surface area (Å²) in [7, 11) is 0. The molecular formula is C5H6NO2S2-. The van der Waals surface area contributed by atoms with Gasteiger partial charge in [0.25, 0.3) is 0 Å². The number of thiazole rings is 1. The molecule has 1 atom stereocenters. The van der Waals surface area contributed by atoms with E-state index in [4.69, 9.17) is 0 Å². The minimum absolute atomic E-state index is 0.345. The van der Waals surface area contributed by atoms with Gasteiger partial charge in [0.05, 0.1) is 10.7 Å². The Labute approximate surface area is 65.4 Å². The molecule has 0 aliphatic rings. The smallest absolute Gasteiger partial charge is 0.100 e. The second-order valence-corrected chi connectivity index (χ2v) is 4.18. The highest BCUT2D eigenvalue weighted by Gasteiger charge is 2.03. The molecule has 0 saturated carbocycles. The number of rotatable bonds is 1.